The molecule has 0 aliphatic heterocycles. The molecule has 0 fully saturated rings. The smallest absolute Gasteiger partial charge is 0.234 e. The molecule has 1 rings (SSSR count). The van der Waals surface area contributed by atoms with E-state index in [9.17, 15) is 4.79 Å². The maximum atomic E-state index is 10.7. The van der Waals surface area contributed by atoms with Gasteiger partial charge in [0.1, 0.15) is 5.01 Å². The van der Waals surface area contributed by atoms with Gasteiger partial charge in [-0.05, 0) is 6.92 Å². The molecule has 3 N–H and O–H groups in total. The Balaban J connectivity index is 2.38. The van der Waals surface area contributed by atoms with Crippen molar-refractivity contribution in [3.63, 3.8) is 0 Å². The highest BCUT2D eigenvalue weighted by atomic mass is 32.1. The topological polar surface area (TPSA) is 68.0 Å². The second-order valence-corrected chi connectivity index (χ2v) is 3.31. The molecule has 1 aromatic heterocycles. The fourth-order valence-corrected chi connectivity index (χ4v) is 1.44. The van der Waals surface area contributed by atoms with E-state index in [0.29, 0.717) is 6.54 Å². The predicted octanol–water partition coefficient (Wildman–Crippen LogP) is 0.0264. The van der Waals surface area contributed by atoms with Crippen LogP contribution in [0.15, 0.2) is 5.38 Å². The number of amides is 1. The van der Waals surface area contributed by atoms with Gasteiger partial charge in [-0.1, -0.05) is 0 Å². The van der Waals surface area contributed by atoms with E-state index in [0.717, 1.165) is 10.7 Å². The van der Waals surface area contributed by atoms with E-state index in [2.05, 4.69) is 10.3 Å². The monoisotopic (exact) mass is 185 g/mol. The van der Waals surface area contributed by atoms with Gasteiger partial charge in [-0.3, -0.25) is 4.79 Å². The second kappa shape index (κ2) is 4.18. The van der Waals surface area contributed by atoms with Gasteiger partial charge in [-0.25, -0.2) is 4.98 Å². The number of rotatable bonds is 3. The molecule has 0 unspecified atom stereocenters. The Kier molecular flexibility index (Phi) is 3.19. The lowest BCUT2D eigenvalue weighted by molar-refractivity contribution is -0.119. The van der Waals surface area contributed by atoms with E-state index >= 15 is 0 Å². The van der Waals surface area contributed by atoms with Crippen molar-refractivity contribution in [2.24, 2.45) is 5.73 Å². The van der Waals surface area contributed by atoms with Gasteiger partial charge in [-0.15, -0.1) is 11.3 Å². The van der Waals surface area contributed by atoms with Gasteiger partial charge in [0.15, 0.2) is 0 Å². The van der Waals surface area contributed by atoms with E-state index in [1.807, 2.05) is 12.3 Å². The molecule has 5 heteroatoms. The number of carbonyl (C=O) groups excluding carboxylic acids is 1. The Morgan fingerprint density at radius 3 is 3.08 bits per heavy atom. The number of nitrogens with zero attached hydrogens (tertiary/aromatic N) is 1. The molecule has 66 valence electrons. The third-order valence-corrected chi connectivity index (χ3v) is 2.26. The maximum Gasteiger partial charge on any atom is 0.234 e. The summed E-state index contributed by atoms with van der Waals surface area (Å²) in [6.07, 6.45) is 0. The van der Waals surface area contributed by atoms with Gasteiger partial charge in [0.25, 0.3) is 0 Å². The van der Waals surface area contributed by atoms with Crippen molar-refractivity contribution in [3.8, 4) is 0 Å². The van der Waals surface area contributed by atoms with Crippen LogP contribution in [0.25, 0.3) is 0 Å². The first-order valence-corrected chi connectivity index (χ1v) is 4.48. The molecule has 0 aromatic carbocycles. The van der Waals surface area contributed by atoms with Crippen LogP contribution in [0.4, 0.5) is 0 Å². The average molecular weight is 185 g/mol. The van der Waals surface area contributed by atoms with E-state index in [4.69, 9.17) is 5.73 Å². The highest BCUT2D eigenvalue weighted by molar-refractivity contribution is 7.09. The van der Waals surface area contributed by atoms with Crippen molar-refractivity contribution in [2.45, 2.75) is 13.5 Å². The standard InChI is InChI=1S/C7H11N3OS/c1-5-4-12-7(10-5)3-9-6(11)2-8/h4H,2-3,8H2,1H3,(H,9,11). The van der Waals surface area contributed by atoms with Crippen LogP contribution in [-0.4, -0.2) is 17.4 Å². The van der Waals surface area contributed by atoms with Crippen molar-refractivity contribution in [1.82, 2.24) is 10.3 Å². The number of hydrogen-bond donors (Lipinski definition) is 2. The summed E-state index contributed by atoms with van der Waals surface area (Å²) in [6.45, 7) is 2.43. The van der Waals surface area contributed by atoms with Gasteiger partial charge < -0.3 is 11.1 Å². The van der Waals surface area contributed by atoms with Gasteiger partial charge in [0.05, 0.1) is 13.1 Å². The number of aromatic nitrogens is 1. The minimum absolute atomic E-state index is 0.0321. The molecule has 0 aliphatic rings. The van der Waals surface area contributed by atoms with Crippen LogP contribution in [0.5, 0.6) is 0 Å². The van der Waals surface area contributed by atoms with Crippen LogP contribution in [0, 0.1) is 6.92 Å². The molecule has 0 saturated heterocycles. The molecular formula is C7H11N3OS. The van der Waals surface area contributed by atoms with Crippen LogP contribution in [-0.2, 0) is 11.3 Å². The van der Waals surface area contributed by atoms with E-state index in [-0.39, 0.29) is 12.5 Å². The Bertz CT molecular complexity index is 271. The molecular weight excluding hydrogens is 174 g/mol. The van der Waals surface area contributed by atoms with Gasteiger partial charge in [-0.2, -0.15) is 0 Å². The molecule has 0 bridgehead atoms. The first-order chi connectivity index (χ1) is 5.72. The molecule has 0 radical (unpaired) electrons. The normalized spacial score (nSPS) is 9.83. The molecule has 0 saturated carbocycles. The summed E-state index contributed by atoms with van der Waals surface area (Å²) in [7, 11) is 0. The Morgan fingerprint density at radius 2 is 2.58 bits per heavy atom. The van der Waals surface area contributed by atoms with Crippen LogP contribution in [0.3, 0.4) is 0 Å². The highest BCUT2D eigenvalue weighted by Crippen LogP contribution is 2.07. The number of nitrogens with one attached hydrogen (secondary N) is 1. The molecule has 1 aromatic rings. The van der Waals surface area contributed by atoms with Crippen LogP contribution in [0.2, 0.25) is 0 Å². The van der Waals surface area contributed by atoms with Crippen LogP contribution >= 0.6 is 11.3 Å². The summed E-state index contributed by atoms with van der Waals surface area (Å²) >= 11 is 1.54. The number of thiazole rings is 1. The van der Waals surface area contributed by atoms with Crippen LogP contribution in [0.1, 0.15) is 10.7 Å². The highest BCUT2D eigenvalue weighted by Gasteiger charge is 2.00. The van der Waals surface area contributed by atoms with E-state index in [1.165, 1.54) is 11.3 Å². The zero-order chi connectivity index (χ0) is 8.97. The molecule has 0 aliphatic carbocycles. The quantitative estimate of drug-likeness (QED) is 0.698. The average Bonchev–Trinajstić information content (AvgIpc) is 2.47. The van der Waals surface area contributed by atoms with Crippen molar-refractivity contribution in [3.05, 3.63) is 16.1 Å². The molecule has 1 amide bonds. The minimum atomic E-state index is -0.150. The van der Waals surface area contributed by atoms with Crippen molar-refractivity contribution in [2.75, 3.05) is 6.54 Å². The van der Waals surface area contributed by atoms with Crippen molar-refractivity contribution < 1.29 is 4.79 Å². The fourth-order valence-electron chi connectivity index (χ4n) is 0.730. The summed E-state index contributed by atoms with van der Waals surface area (Å²) in [4.78, 5) is 14.9. The zero-order valence-electron chi connectivity index (χ0n) is 6.83. The summed E-state index contributed by atoms with van der Waals surface area (Å²) in [5.74, 6) is -0.150. The number of carbonyl (C=O) groups is 1. The SMILES string of the molecule is Cc1csc(CNC(=O)CN)n1. The lowest BCUT2D eigenvalue weighted by Gasteiger charge is -1.98. The first-order valence-electron chi connectivity index (χ1n) is 3.60. The summed E-state index contributed by atoms with van der Waals surface area (Å²) in [6, 6.07) is 0. The largest absolute Gasteiger partial charge is 0.348 e. The zero-order valence-corrected chi connectivity index (χ0v) is 7.65. The molecule has 4 nitrogen and oxygen atoms in total. The summed E-state index contributed by atoms with van der Waals surface area (Å²) in [5.41, 5.74) is 6.10. The Labute approximate surface area is 74.8 Å². The molecule has 1 heterocycles. The van der Waals surface area contributed by atoms with Crippen molar-refractivity contribution in [1.29, 1.82) is 0 Å². The third-order valence-electron chi connectivity index (χ3n) is 1.29. The number of hydrogen-bond acceptors (Lipinski definition) is 4. The second-order valence-electron chi connectivity index (χ2n) is 2.36. The Hall–Kier alpha value is -0.940. The van der Waals surface area contributed by atoms with Crippen LogP contribution < -0.4 is 11.1 Å². The van der Waals surface area contributed by atoms with Crippen molar-refractivity contribution >= 4 is 17.2 Å². The lowest BCUT2D eigenvalue weighted by atomic mass is 10.5. The fraction of sp³-hybridized carbons (Fsp3) is 0.429. The van der Waals surface area contributed by atoms with E-state index < -0.39 is 0 Å². The number of nitrogens with two attached hydrogens (primary N) is 1. The van der Waals surface area contributed by atoms with Gasteiger partial charge >= 0.3 is 0 Å². The summed E-state index contributed by atoms with van der Waals surface area (Å²) in [5, 5.41) is 5.51. The molecule has 12 heavy (non-hydrogen) atoms. The van der Waals surface area contributed by atoms with Gasteiger partial charge in [0, 0.05) is 11.1 Å². The predicted molar refractivity (Wildman–Crippen MR) is 47.8 cm³/mol. The third kappa shape index (κ3) is 2.60. The van der Waals surface area contributed by atoms with Gasteiger partial charge in [0.2, 0.25) is 5.91 Å². The minimum Gasteiger partial charge on any atom is -0.348 e. The molecule has 0 spiro atoms. The maximum absolute atomic E-state index is 10.7. The lowest BCUT2D eigenvalue weighted by Crippen LogP contribution is -2.29. The van der Waals surface area contributed by atoms with E-state index in [1.54, 1.807) is 0 Å². The first kappa shape index (κ1) is 9.15. The number of aryl methyl sites for hydroxylation is 1. The Morgan fingerprint density at radius 1 is 1.83 bits per heavy atom. The summed E-state index contributed by atoms with van der Waals surface area (Å²) < 4.78 is 0. The molecule has 0 atom stereocenters.